The van der Waals surface area contributed by atoms with Crippen LogP contribution in [0.1, 0.15) is 11.7 Å². The van der Waals surface area contributed by atoms with Gasteiger partial charge in [-0.15, -0.1) is 0 Å². The number of hydrogen-bond donors (Lipinski definition) is 1. The molecule has 15 heavy (non-hydrogen) atoms. The summed E-state index contributed by atoms with van der Waals surface area (Å²) >= 11 is 8.62. The SMILES string of the molecule is COC(=O)C(O)c1cc(Br)cc(F)c1Cl. The second-order valence-corrected chi connectivity index (χ2v) is 4.01. The minimum atomic E-state index is -1.59. The first-order valence-corrected chi connectivity index (χ1v) is 5.04. The van der Waals surface area contributed by atoms with Crippen LogP contribution in [-0.4, -0.2) is 18.2 Å². The molecule has 82 valence electrons. The normalized spacial score (nSPS) is 12.3. The van der Waals surface area contributed by atoms with Gasteiger partial charge < -0.3 is 9.84 Å². The number of methoxy groups -OCH3 is 1. The lowest BCUT2D eigenvalue weighted by molar-refractivity contribution is -0.150. The van der Waals surface area contributed by atoms with Gasteiger partial charge in [-0.25, -0.2) is 9.18 Å². The summed E-state index contributed by atoms with van der Waals surface area (Å²) < 4.78 is 17.8. The lowest BCUT2D eigenvalue weighted by Crippen LogP contribution is -2.14. The molecule has 0 aliphatic carbocycles. The van der Waals surface area contributed by atoms with Gasteiger partial charge in [-0.2, -0.15) is 0 Å². The smallest absolute Gasteiger partial charge is 0.339 e. The average molecular weight is 298 g/mol. The maximum absolute atomic E-state index is 13.1. The van der Waals surface area contributed by atoms with Crippen molar-refractivity contribution in [1.82, 2.24) is 0 Å². The maximum atomic E-state index is 13.1. The van der Waals surface area contributed by atoms with Crippen LogP contribution in [0.3, 0.4) is 0 Å². The van der Waals surface area contributed by atoms with E-state index in [-0.39, 0.29) is 10.6 Å². The van der Waals surface area contributed by atoms with Gasteiger partial charge in [0.25, 0.3) is 0 Å². The molecule has 1 aromatic carbocycles. The summed E-state index contributed by atoms with van der Waals surface area (Å²) in [6.07, 6.45) is -1.59. The third-order valence-electron chi connectivity index (χ3n) is 1.74. The fourth-order valence-electron chi connectivity index (χ4n) is 1.01. The van der Waals surface area contributed by atoms with E-state index in [1.54, 1.807) is 0 Å². The number of carbonyl (C=O) groups is 1. The molecule has 1 atom stereocenters. The zero-order valence-corrected chi connectivity index (χ0v) is 9.97. The number of esters is 1. The highest BCUT2D eigenvalue weighted by atomic mass is 79.9. The van der Waals surface area contributed by atoms with Crippen molar-refractivity contribution in [2.75, 3.05) is 7.11 Å². The van der Waals surface area contributed by atoms with Gasteiger partial charge in [0.15, 0.2) is 6.10 Å². The number of hydrogen-bond acceptors (Lipinski definition) is 3. The van der Waals surface area contributed by atoms with Crippen LogP contribution in [0.25, 0.3) is 0 Å². The molecule has 0 spiro atoms. The van der Waals surface area contributed by atoms with E-state index in [0.29, 0.717) is 4.47 Å². The molecule has 1 N–H and O–H groups in total. The number of halogens is 3. The Bertz CT molecular complexity index is 397. The molecule has 0 heterocycles. The fourth-order valence-corrected chi connectivity index (χ4v) is 1.67. The number of rotatable bonds is 2. The zero-order chi connectivity index (χ0) is 11.6. The minimum Gasteiger partial charge on any atom is -0.467 e. The van der Waals surface area contributed by atoms with Crippen LogP contribution in [-0.2, 0) is 9.53 Å². The minimum absolute atomic E-state index is 0.0320. The van der Waals surface area contributed by atoms with Gasteiger partial charge in [-0.05, 0) is 12.1 Å². The molecule has 0 aliphatic heterocycles. The first kappa shape index (κ1) is 12.4. The van der Waals surface area contributed by atoms with Crippen molar-refractivity contribution in [3.05, 3.63) is 33.0 Å². The summed E-state index contributed by atoms with van der Waals surface area (Å²) in [5.74, 6) is -1.61. The molecule has 0 bridgehead atoms. The summed E-state index contributed by atoms with van der Waals surface area (Å²) in [6, 6.07) is 2.49. The van der Waals surface area contributed by atoms with Crippen LogP contribution < -0.4 is 0 Å². The van der Waals surface area contributed by atoms with Crippen LogP contribution in [0, 0.1) is 5.82 Å². The largest absolute Gasteiger partial charge is 0.467 e. The standard InChI is InChI=1S/C9H7BrClFO3/c1-15-9(14)8(13)5-2-4(10)3-6(12)7(5)11/h2-3,8,13H,1H3. The molecule has 0 aromatic heterocycles. The number of benzene rings is 1. The molecule has 0 fully saturated rings. The van der Waals surface area contributed by atoms with E-state index < -0.39 is 17.9 Å². The van der Waals surface area contributed by atoms with E-state index in [1.165, 1.54) is 6.07 Å². The molecule has 6 heteroatoms. The number of aliphatic hydroxyl groups excluding tert-OH is 1. The van der Waals surface area contributed by atoms with E-state index >= 15 is 0 Å². The first-order chi connectivity index (χ1) is 6.97. The summed E-state index contributed by atoms with van der Waals surface area (Å²) in [6.45, 7) is 0. The molecule has 1 rings (SSSR count). The Morgan fingerprint density at radius 2 is 2.27 bits per heavy atom. The van der Waals surface area contributed by atoms with Gasteiger partial charge in [0, 0.05) is 10.0 Å². The van der Waals surface area contributed by atoms with Gasteiger partial charge >= 0.3 is 5.97 Å². The Morgan fingerprint density at radius 1 is 1.67 bits per heavy atom. The molecule has 1 aromatic rings. The Kier molecular flexibility index (Phi) is 4.07. The monoisotopic (exact) mass is 296 g/mol. The van der Waals surface area contributed by atoms with Crippen molar-refractivity contribution in [1.29, 1.82) is 0 Å². The number of aliphatic hydroxyl groups is 1. The van der Waals surface area contributed by atoms with Crippen LogP contribution in [0.15, 0.2) is 16.6 Å². The second kappa shape index (κ2) is 4.92. The first-order valence-electron chi connectivity index (χ1n) is 3.87. The molecule has 0 saturated heterocycles. The van der Waals surface area contributed by atoms with Gasteiger partial charge in [-0.3, -0.25) is 0 Å². The van der Waals surface area contributed by atoms with Crippen molar-refractivity contribution >= 4 is 33.5 Å². The molecule has 0 saturated carbocycles. The maximum Gasteiger partial charge on any atom is 0.339 e. The molecule has 0 aliphatic rings. The number of carbonyl (C=O) groups excluding carboxylic acids is 1. The highest BCUT2D eigenvalue weighted by molar-refractivity contribution is 9.10. The van der Waals surface area contributed by atoms with Gasteiger partial charge in [0.2, 0.25) is 0 Å². The molecule has 1 unspecified atom stereocenters. The zero-order valence-electron chi connectivity index (χ0n) is 7.63. The number of ether oxygens (including phenoxy) is 1. The highest BCUT2D eigenvalue weighted by Gasteiger charge is 2.23. The van der Waals surface area contributed by atoms with Crippen LogP contribution in [0.5, 0.6) is 0 Å². The van der Waals surface area contributed by atoms with Crippen molar-refractivity contribution < 1.29 is 19.0 Å². The third kappa shape index (κ3) is 2.68. The van der Waals surface area contributed by atoms with Crippen LogP contribution in [0.2, 0.25) is 5.02 Å². The Balaban J connectivity index is 3.19. The third-order valence-corrected chi connectivity index (χ3v) is 2.60. The Hall–Kier alpha value is -0.650. The summed E-state index contributed by atoms with van der Waals surface area (Å²) in [5.41, 5.74) is -0.0320. The Labute approximate surface area is 98.9 Å². The van der Waals surface area contributed by atoms with E-state index in [9.17, 15) is 14.3 Å². The van der Waals surface area contributed by atoms with Crippen molar-refractivity contribution in [2.24, 2.45) is 0 Å². The van der Waals surface area contributed by atoms with Crippen molar-refractivity contribution in [3.8, 4) is 0 Å². The summed E-state index contributed by atoms with van der Waals surface area (Å²) in [7, 11) is 1.12. The quantitative estimate of drug-likeness (QED) is 0.674. The van der Waals surface area contributed by atoms with E-state index in [1.807, 2.05) is 0 Å². The lowest BCUT2D eigenvalue weighted by atomic mass is 10.1. The molecule has 0 amide bonds. The lowest BCUT2D eigenvalue weighted by Gasteiger charge is -2.11. The molecule has 3 nitrogen and oxygen atoms in total. The summed E-state index contributed by atoms with van der Waals surface area (Å²) in [4.78, 5) is 11.0. The van der Waals surface area contributed by atoms with E-state index in [4.69, 9.17) is 11.6 Å². The van der Waals surface area contributed by atoms with Crippen molar-refractivity contribution in [2.45, 2.75) is 6.10 Å². The van der Waals surface area contributed by atoms with Crippen LogP contribution in [0.4, 0.5) is 4.39 Å². The topological polar surface area (TPSA) is 46.5 Å². The molecular formula is C9H7BrClFO3. The Morgan fingerprint density at radius 3 is 2.80 bits per heavy atom. The van der Waals surface area contributed by atoms with E-state index in [2.05, 4.69) is 20.7 Å². The molecular weight excluding hydrogens is 290 g/mol. The predicted molar refractivity (Wildman–Crippen MR) is 56.1 cm³/mol. The van der Waals surface area contributed by atoms with Gasteiger partial charge in [-0.1, -0.05) is 27.5 Å². The van der Waals surface area contributed by atoms with Gasteiger partial charge in [0.05, 0.1) is 12.1 Å². The fraction of sp³-hybridized carbons (Fsp3) is 0.222. The highest BCUT2D eigenvalue weighted by Crippen LogP contribution is 2.29. The van der Waals surface area contributed by atoms with E-state index in [0.717, 1.165) is 13.2 Å². The summed E-state index contributed by atoms with van der Waals surface area (Å²) in [5, 5.41) is 9.18. The van der Waals surface area contributed by atoms with Crippen LogP contribution >= 0.6 is 27.5 Å². The predicted octanol–water partition coefficient (Wildman–Crippen LogP) is 2.45. The molecule has 0 radical (unpaired) electrons. The van der Waals surface area contributed by atoms with Gasteiger partial charge in [0.1, 0.15) is 5.82 Å². The second-order valence-electron chi connectivity index (χ2n) is 2.72. The average Bonchev–Trinajstić information content (AvgIpc) is 2.21. The van der Waals surface area contributed by atoms with Crippen molar-refractivity contribution in [3.63, 3.8) is 0 Å².